The third-order valence-corrected chi connectivity index (χ3v) is 3.26. The maximum atomic E-state index is 6.03. The second-order valence-electron chi connectivity index (χ2n) is 4.46. The van der Waals surface area contributed by atoms with E-state index < -0.39 is 0 Å². The Bertz CT molecular complexity index is 574. The molecule has 20 heavy (non-hydrogen) atoms. The molecule has 106 valence electrons. The number of hydrogen-bond acceptors (Lipinski definition) is 5. The lowest BCUT2D eigenvalue weighted by Gasteiger charge is -2.17. The molecular weight excluding hydrogens is 276 g/mol. The van der Waals surface area contributed by atoms with E-state index >= 15 is 0 Å². The van der Waals surface area contributed by atoms with E-state index in [9.17, 15) is 0 Å². The van der Waals surface area contributed by atoms with Crippen LogP contribution in [0.3, 0.4) is 0 Å². The van der Waals surface area contributed by atoms with Crippen molar-refractivity contribution in [2.24, 2.45) is 5.84 Å². The summed E-state index contributed by atoms with van der Waals surface area (Å²) < 4.78 is 5.34. The molecule has 2 aromatic rings. The molecule has 0 bridgehead atoms. The number of ether oxygens (including phenoxy) is 1. The lowest BCUT2D eigenvalue weighted by Crippen LogP contribution is -2.30. The minimum atomic E-state index is -0.157. The Balaban J connectivity index is 2.26. The highest BCUT2D eigenvalue weighted by atomic mass is 35.5. The molecule has 0 aliphatic carbocycles. The van der Waals surface area contributed by atoms with Crippen LogP contribution < -0.4 is 16.0 Å². The molecule has 3 N–H and O–H groups in total. The Morgan fingerprint density at radius 1 is 1.35 bits per heavy atom. The fourth-order valence-electron chi connectivity index (χ4n) is 1.96. The molecule has 1 heterocycles. The third-order valence-electron chi connectivity index (χ3n) is 3.03. The van der Waals surface area contributed by atoms with Gasteiger partial charge >= 0.3 is 0 Å². The Kier molecular flexibility index (Phi) is 4.89. The molecule has 1 aromatic carbocycles. The number of methoxy groups -OCH3 is 1. The van der Waals surface area contributed by atoms with E-state index in [1.54, 1.807) is 25.6 Å². The van der Waals surface area contributed by atoms with Crippen LogP contribution in [-0.4, -0.2) is 17.1 Å². The SMILES string of the molecule is COc1ccc(Cl)cc1CC(NN)c1cnc(C)cn1. The van der Waals surface area contributed by atoms with E-state index in [2.05, 4.69) is 15.4 Å². The number of benzene rings is 1. The summed E-state index contributed by atoms with van der Waals surface area (Å²) in [5.41, 5.74) is 5.36. The van der Waals surface area contributed by atoms with Crippen LogP contribution in [0.15, 0.2) is 30.6 Å². The lowest BCUT2D eigenvalue weighted by atomic mass is 10.0. The normalized spacial score (nSPS) is 12.2. The van der Waals surface area contributed by atoms with Crippen molar-refractivity contribution in [2.45, 2.75) is 19.4 Å². The van der Waals surface area contributed by atoms with E-state index in [-0.39, 0.29) is 6.04 Å². The molecule has 1 unspecified atom stereocenters. The number of aromatic nitrogens is 2. The molecule has 0 saturated carbocycles. The number of nitrogens with two attached hydrogens (primary N) is 1. The third kappa shape index (κ3) is 3.45. The quantitative estimate of drug-likeness (QED) is 0.653. The number of aryl methyl sites for hydroxylation is 1. The summed E-state index contributed by atoms with van der Waals surface area (Å²) in [5.74, 6) is 6.40. The molecule has 0 radical (unpaired) electrons. The van der Waals surface area contributed by atoms with Crippen LogP contribution in [0.5, 0.6) is 5.75 Å². The fourth-order valence-corrected chi connectivity index (χ4v) is 2.15. The maximum Gasteiger partial charge on any atom is 0.122 e. The van der Waals surface area contributed by atoms with Gasteiger partial charge in [-0.3, -0.25) is 21.2 Å². The van der Waals surface area contributed by atoms with Gasteiger partial charge in [-0.2, -0.15) is 0 Å². The van der Waals surface area contributed by atoms with E-state index in [0.717, 1.165) is 22.7 Å². The Morgan fingerprint density at radius 2 is 2.15 bits per heavy atom. The van der Waals surface area contributed by atoms with Crippen molar-refractivity contribution in [2.75, 3.05) is 7.11 Å². The van der Waals surface area contributed by atoms with Crippen LogP contribution >= 0.6 is 11.6 Å². The summed E-state index contributed by atoms with van der Waals surface area (Å²) in [6.45, 7) is 1.89. The average molecular weight is 293 g/mol. The molecule has 0 saturated heterocycles. The standard InChI is InChI=1S/C14H17ClN4O/c1-9-7-18-13(8-17-9)12(19-16)6-10-5-11(15)3-4-14(10)20-2/h3-5,7-8,12,19H,6,16H2,1-2H3. The molecule has 0 spiro atoms. The van der Waals surface area contributed by atoms with Crippen LogP contribution in [0.25, 0.3) is 0 Å². The topological polar surface area (TPSA) is 73.1 Å². The first-order valence-corrected chi connectivity index (χ1v) is 6.59. The van der Waals surface area contributed by atoms with E-state index in [4.69, 9.17) is 22.2 Å². The molecule has 5 nitrogen and oxygen atoms in total. The fraction of sp³-hybridized carbons (Fsp3) is 0.286. The van der Waals surface area contributed by atoms with Crippen molar-refractivity contribution in [3.8, 4) is 5.75 Å². The highest BCUT2D eigenvalue weighted by molar-refractivity contribution is 6.30. The van der Waals surface area contributed by atoms with Crippen LogP contribution in [0.4, 0.5) is 0 Å². The summed E-state index contributed by atoms with van der Waals surface area (Å²) in [7, 11) is 1.63. The number of halogens is 1. The van der Waals surface area contributed by atoms with Gasteiger partial charge in [0.25, 0.3) is 0 Å². The van der Waals surface area contributed by atoms with E-state index in [0.29, 0.717) is 11.4 Å². The number of hydrogen-bond donors (Lipinski definition) is 2. The Labute approximate surface area is 123 Å². The van der Waals surface area contributed by atoms with Crippen LogP contribution in [0.1, 0.15) is 23.0 Å². The summed E-state index contributed by atoms with van der Waals surface area (Å²) in [5, 5.41) is 0.659. The minimum absolute atomic E-state index is 0.157. The van der Waals surface area contributed by atoms with Crippen molar-refractivity contribution in [3.05, 3.63) is 52.6 Å². The van der Waals surface area contributed by atoms with Gasteiger partial charge in [-0.1, -0.05) is 11.6 Å². The van der Waals surface area contributed by atoms with Crippen LogP contribution in [0, 0.1) is 6.92 Å². The highest BCUT2D eigenvalue weighted by Gasteiger charge is 2.15. The molecule has 0 aliphatic heterocycles. The molecule has 2 rings (SSSR count). The van der Waals surface area contributed by atoms with Gasteiger partial charge in [0.1, 0.15) is 5.75 Å². The monoisotopic (exact) mass is 292 g/mol. The lowest BCUT2D eigenvalue weighted by molar-refractivity contribution is 0.405. The van der Waals surface area contributed by atoms with Gasteiger partial charge in [0.2, 0.25) is 0 Å². The van der Waals surface area contributed by atoms with Gasteiger partial charge in [0.15, 0.2) is 0 Å². The minimum Gasteiger partial charge on any atom is -0.496 e. The zero-order valence-corrected chi connectivity index (χ0v) is 12.2. The summed E-state index contributed by atoms with van der Waals surface area (Å²) in [6, 6.07) is 5.34. The average Bonchev–Trinajstić information content (AvgIpc) is 2.46. The van der Waals surface area contributed by atoms with Crippen molar-refractivity contribution in [1.82, 2.24) is 15.4 Å². The molecule has 1 atom stereocenters. The predicted molar refractivity (Wildman–Crippen MR) is 78.5 cm³/mol. The number of rotatable bonds is 5. The van der Waals surface area contributed by atoms with Gasteiger partial charge in [0, 0.05) is 11.2 Å². The van der Waals surface area contributed by atoms with Gasteiger partial charge in [0.05, 0.1) is 30.7 Å². The first-order chi connectivity index (χ1) is 9.63. The summed E-state index contributed by atoms with van der Waals surface area (Å²) in [4.78, 5) is 8.58. The molecule has 6 heteroatoms. The molecule has 1 aromatic heterocycles. The van der Waals surface area contributed by atoms with Gasteiger partial charge in [-0.15, -0.1) is 0 Å². The van der Waals surface area contributed by atoms with Crippen LogP contribution in [0.2, 0.25) is 5.02 Å². The molecular formula is C14H17ClN4O. The predicted octanol–water partition coefficient (Wildman–Crippen LogP) is 2.19. The second-order valence-corrected chi connectivity index (χ2v) is 4.90. The second kappa shape index (κ2) is 6.65. The zero-order chi connectivity index (χ0) is 14.5. The van der Waals surface area contributed by atoms with Crippen molar-refractivity contribution in [3.63, 3.8) is 0 Å². The van der Waals surface area contributed by atoms with Gasteiger partial charge in [-0.05, 0) is 37.1 Å². The largest absolute Gasteiger partial charge is 0.496 e. The summed E-state index contributed by atoms with van der Waals surface area (Å²) in [6.07, 6.45) is 4.05. The molecule has 0 aliphatic rings. The summed E-state index contributed by atoms with van der Waals surface area (Å²) >= 11 is 6.03. The van der Waals surface area contributed by atoms with Crippen LogP contribution in [-0.2, 0) is 6.42 Å². The Hall–Kier alpha value is -1.69. The Morgan fingerprint density at radius 3 is 2.75 bits per heavy atom. The van der Waals surface area contributed by atoms with Gasteiger partial charge < -0.3 is 4.74 Å². The number of hydrazine groups is 1. The number of nitrogens with zero attached hydrogens (tertiary/aromatic N) is 2. The highest BCUT2D eigenvalue weighted by Crippen LogP contribution is 2.26. The smallest absolute Gasteiger partial charge is 0.122 e. The maximum absolute atomic E-state index is 6.03. The van der Waals surface area contributed by atoms with E-state index in [1.165, 1.54) is 0 Å². The zero-order valence-electron chi connectivity index (χ0n) is 11.4. The number of nitrogens with one attached hydrogen (secondary N) is 1. The first-order valence-electron chi connectivity index (χ1n) is 6.21. The van der Waals surface area contributed by atoms with Crippen molar-refractivity contribution >= 4 is 11.6 Å². The van der Waals surface area contributed by atoms with Gasteiger partial charge in [-0.25, -0.2) is 0 Å². The molecule has 0 fully saturated rings. The molecule has 0 amide bonds. The van der Waals surface area contributed by atoms with Crippen molar-refractivity contribution < 1.29 is 4.74 Å². The van der Waals surface area contributed by atoms with E-state index in [1.807, 2.05) is 19.1 Å². The first kappa shape index (κ1) is 14.7. The van der Waals surface area contributed by atoms with Crippen molar-refractivity contribution in [1.29, 1.82) is 0 Å².